The second-order valence-corrected chi connectivity index (χ2v) is 6.75. The maximum Gasteiger partial charge on any atom is 0.316 e. The molecule has 1 aliphatic heterocycles. The number of halogens is 2. The van der Waals surface area contributed by atoms with E-state index in [4.69, 9.17) is 22.1 Å². The van der Waals surface area contributed by atoms with Crippen LogP contribution in [0.4, 0.5) is 15.9 Å². The third-order valence-electron chi connectivity index (χ3n) is 4.46. The number of cyclic esters (lactones) is 1. The number of benzene rings is 1. The number of nitrogens with two attached hydrogens (primary N) is 1. The number of hydrogen-bond donors (Lipinski definition) is 2. The van der Waals surface area contributed by atoms with E-state index >= 15 is 0 Å². The molecule has 1 saturated heterocycles. The molecule has 3 rings (SSSR count). The van der Waals surface area contributed by atoms with Crippen LogP contribution in [0.1, 0.15) is 6.42 Å². The molecule has 0 bridgehead atoms. The van der Waals surface area contributed by atoms with Gasteiger partial charge >= 0.3 is 5.97 Å². The maximum absolute atomic E-state index is 14.0. The Bertz CT molecular complexity index is 851. The first-order valence-corrected chi connectivity index (χ1v) is 8.32. The number of hydrogen-bond acceptors (Lipinski definition) is 7. The van der Waals surface area contributed by atoms with Crippen molar-refractivity contribution in [3.05, 3.63) is 35.1 Å². The Morgan fingerprint density at radius 1 is 1.42 bits per heavy atom. The highest BCUT2D eigenvalue weighted by molar-refractivity contribution is 6.30. The Hall–Kier alpha value is -2.45. The van der Waals surface area contributed by atoms with Crippen molar-refractivity contribution in [2.75, 3.05) is 37.4 Å². The molecule has 138 valence electrons. The highest BCUT2D eigenvalue weighted by Gasteiger charge is 2.45. The predicted molar refractivity (Wildman–Crippen MR) is 95.2 cm³/mol. The Balaban J connectivity index is 1.88. The number of carbonyl (C=O) groups excluding carboxylic acids is 1. The summed E-state index contributed by atoms with van der Waals surface area (Å²) >= 11 is 5.91. The first-order valence-electron chi connectivity index (χ1n) is 7.94. The normalized spacial score (nSPS) is 19.5. The van der Waals surface area contributed by atoms with Gasteiger partial charge in [0.2, 0.25) is 0 Å². The number of carbonyl (C=O) groups is 1. The summed E-state index contributed by atoms with van der Waals surface area (Å²) < 4.78 is 19.0. The van der Waals surface area contributed by atoms with Crippen molar-refractivity contribution in [3.8, 4) is 11.3 Å². The number of aromatic nitrogens is 2. The summed E-state index contributed by atoms with van der Waals surface area (Å²) in [6.45, 7) is 0.1000. The molecule has 0 spiro atoms. The van der Waals surface area contributed by atoms with Crippen LogP contribution >= 0.6 is 11.6 Å². The fourth-order valence-electron chi connectivity index (χ4n) is 2.98. The number of nitrogen functional groups attached to an aromatic ring is 1. The van der Waals surface area contributed by atoms with Gasteiger partial charge in [0.05, 0.1) is 24.6 Å². The monoisotopic (exact) mass is 380 g/mol. The van der Waals surface area contributed by atoms with Crippen molar-refractivity contribution in [2.45, 2.75) is 6.42 Å². The summed E-state index contributed by atoms with van der Waals surface area (Å²) in [7, 11) is 1.68. The fourth-order valence-corrected chi connectivity index (χ4v) is 3.15. The number of anilines is 2. The van der Waals surface area contributed by atoms with Crippen LogP contribution < -0.4 is 10.6 Å². The molecule has 26 heavy (non-hydrogen) atoms. The molecule has 1 fully saturated rings. The van der Waals surface area contributed by atoms with E-state index < -0.39 is 17.2 Å². The van der Waals surface area contributed by atoms with E-state index in [-0.39, 0.29) is 36.7 Å². The van der Waals surface area contributed by atoms with Crippen molar-refractivity contribution < 1.29 is 19.0 Å². The molecule has 2 heterocycles. The third kappa shape index (κ3) is 3.30. The highest BCUT2D eigenvalue weighted by Crippen LogP contribution is 2.33. The summed E-state index contributed by atoms with van der Waals surface area (Å²) in [6, 6.07) is 5.62. The van der Waals surface area contributed by atoms with Gasteiger partial charge in [-0.3, -0.25) is 4.79 Å². The minimum Gasteiger partial charge on any atom is -0.465 e. The van der Waals surface area contributed by atoms with Crippen LogP contribution in [0.3, 0.4) is 0 Å². The van der Waals surface area contributed by atoms with Gasteiger partial charge in [0, 0.05) is 30.6 Å². The van der Waals surface area contributed by atoms with Crippen molar-refractivity contribution >= 4 is 29.1 Å². The molecule has 0 amide bonds. The molecular formula is C17H18ClFN4O3. The minimum absolute atomic E-state index is 0.173. The lowest BCUT2D eigenvalue weighted by Crippen LogP contribution is -2.42. The molecule has 0 saturated carbocycles. The fraction of sp³-hybridized carbons (Fsp3) is 0.353. The molecule has 3 N–H and O–H groups in total. The highest BCUT2D eigenvalue weighted by atomic mass is 35.5. The van der Waals surface area contributed by atoms with Crippen LogP contribution in [0.25, 0.3) is 11.3 Å². The first-order chi connectivity index (χ1) is 12.4. The van der Waals surface area contributed by atoms with Crippen molar-refractivity contribution in [1.82, 2.24) is 10.2 Å². The van der Waals surface area contributed by atoms with E-state index in [9.17, 15) is 14.3 Å². The zero-order valence-corrected chi connectivity index (χ0v) is 14.8. The molecule has 0 radical (unpaired) electrons. The average molecular weight is 381 g/mol. The number of esters is 1. The zero-order chi connectivity index (χ0) is 18.9. The molecule has 2 aromatic rings. The Kier molecular flexibility index (Phi) is 4.97. The molecule has 9 heteroatoms. The topological polar surface area (TPSA) is 102 Å². The molecular weight excluding hydrogens is 363 g/mol. The number of ether oxygens (including phenoxy) is 1. The quantitative estimate of drug-likeness (QED) is 0.763. The van der Waals surface area contributed by atoms with Gasteiger partial charge in [-0.05, 0) is 24.3 Å². The minimum atomic E-state index is -1.01. The summed E-state index contributed by atoms with van der Waals surface area (Å²) in [5, 5.41) is 18.1. The van der Waals surface area contributed by atoms with Gasteiger partial charge in [-0.25, -0.2) is 4.39 Å². The van der Waals surface area contributed by atoms with Crippen molar-refractivity contribution in [2.24, 2.45) is 5.41 Å². The van der Waals surface area contributed by atoms with Crippen LogP contribution in [-0.2, 0) is 9.53 Å². The standard InChI is InChI=1S/C17H18ClFN4O3/c1-23(8-17(9-24)4-5-26-16(17)25)15-13(20)7-14(21-22-15)11-6-10(18)2-3-12(11)19/h2-3,6-7,24H,4-5,8-9H2,1H3,(H2,20,21). The van der Waals surface area contributed by atoms with Gasteiger partial charge in [0.15, 0.2) is 5.82 Å². The van der Waals surface area contributed by atoms with E-state index in [2.05, 4.69) is 10.2 Å². The maximum atomic E-state index is 14.0. The lowest BCUT2D eigenvalue weighted by molar-refractivity contribution is -0.147. The number of nitrogens with zero attached hydrogens (tertiary/aromatic N) is 3. The lowest BCUT2D eigenvalue weighted by Gasteiger charge is -2.29. The molecule has 1 unspecified atom stereocenters. The summed E-state index contributed by atoms with van der Waals surface area (Å²) in [5.41, 5.74) is 5.75. The van der Waals surface area contributed by atoms with E-state index in [1.807, 2.05) is 0 Å². The lowest BCUT2D eigenvalue weighted by atomic mass is 9.87. The molecule has 1 aromatic heterocycles. The second-order valence-electron chi connectivity index (χ2n) is 6.31. The van der Waals surface area contributed by atoms with Crippen molar-refractivity contribution in [1.29, 1.82) is 0 Å². The van der Waals surface area contributed by atoms with E-state index in [0.717, 1.165) is 0 Å². The van der Waals surface area contributed by atoms with Crippen LogP contribution in [-0.4, -0.2) is 48.1 Å². The number of rotatable bonds is 5. The van der Waals surface area contributed by atoms with Gasteiger partial charge < -0.3 is 20.5 Å². The average Bonchev–Trinajstić information content (AvgIpc) is 2.97. The van der Waals surface area contributed by atoms with Gasteiger partial charge in [-0.15, -0.1) is 10.2 Å². The Morgan fingerprint density at radius 3 is 2.81 bits per heavy atom. The number of aliphatic hydroxyl groups is 1. The van der Waals surface area contributed by atoms with E-state index in [1.54, 1.807) is 11.9 Å². The molecule has 1 aromatic carbocycles. The summed E-state index contributed by atoms with van der Waals surface area (Å²) in [6.07, 6.45) is 0.409. The molecule has 1 atom stereocenters. The Labute approximate surface area is 154 Å². The third-order valence-corrected chi connectivity index (χ3v) is 4.69. The Morgan fingerprint density at radius 2 is 2.19 bits per heavy atom. The predicted octanol–water partition coefficient (Wildman–Crippen LogP) is 1.88. The van der Waals surface area contributed by atoms with E-state index in [0.29, 0.717) is 17.3 Å². The molecule has 7 nitrogen and oxygen atoms in total. The van der Waals surface area contributed by atoms with Gasteiger partial charge in [0.1, 0.15) is 11.2 Å². The van der Waals surface area contributed by atoms with Crippen LogP contribution in [0.15, 0.2) is 24.3 Å². The van der Waals surface area contributed by atoms with Crippen LogP contribution in [0, 0.1) is 11.2 Å². The van der Waals surface area contributed by atoms with Crippen LogP contribution in [0.2, 0.25) is 5.02 Å². The smallest absolute Gasteiger partial charge is 0.316 e. The SMILES string of the molecule is CN(CC1(CO)CCOC1=O)c1nnc(-c2cc(Cl)ccc2F)cc1N. The van der Waals surface area contributed by atoms with Gasteiger partial charge in [-0.1, -0.05) is 11.6 Å². The van der Waals surface area contributed by atoms with Crippen LogP contribution in [0.5, 0.6) is 0 Å². The molecule has 0 aliphatic carbocycles. The summed E-state index contributed by atoms with van der Waals surface area (Å²) in [4.78, 5) is 13.6. The number of aliphatic hydroxyl groups excluding tert-OH is 1. The van der Waals surface area contributed by atoms with Crippen molar-refractivity contribution in [3.63, 3.8) is 0 Å². The molecule has 1 aliphatic rings. The van der Waals surface area contributed by atoms with Gasteiger partial charge in [-0.2, -0.15) is 0 Å². The summed E-state index contributed by atoms with van der Waals surface area (Å²) in [5.74, 6) is -0.614. The van der Waals surface area contributed by atoms with E-state index in [1.165, 1.54) is 24.3 Å². The van der Waals surface area contributed by atoms with Gasteiger partial charge in [0.25, 0.3) is 0 Å². The zero-order valence-electron chi connectivity index (χ0n) is 14.1. The first kappa shape index (κ1) is 18.3. The largest absolute Gasteiger partial charge is 0.465 e. The second kappa shape index (κ2) is 7.05.